The Hall–Kier alpha value is -3.13. The highest BCUT2D eigenvalue weighted by Gasteiger charge is 2.24. The second kappa shape index (κ2) is 5.99. The van der Waals surface area contributed by atoms with Gasteiger partial charge in [-0.25, -0.2) is 13.1 Å². The number of nitrogens with zero attached hydrogens (tertiary/aromatic N) is 1. The lowest BCUT2D eigenvalue weighted by molar-refractivity contribution is -0.115. The lowest BCUT2D eigenvalue weighted by Crippen LogP contribution is -2.13. The number of hydrogen-bond acceptors (Lipinski definition) is 5. The molecule has 0 spiro atoms. The Labute approximate surface area is 150 Å². The molecule has 0 saturated carbocycles. The summed E-state index contributed by atoms with van der Waals surface area (Å²) in [6.07, 6.45) is 1.63. The molecule has 1 aliphatic heterocycles. The number of hydrogen-bond donors (Lipinski definition) is 2. The number of aryl methyl sites for hydroxylation is 1. The van der Waals surface area contributed by atoms with Crippen molar-refractivity contribution in [3.05, 3.63) is 59.8 Å². The third kappa shape index (κ3) is 2.95. The number of fused-ring (bicyclic) bond motifs is 1. The maximum Gasteiger partial charge on any atom is 0.264 e. The van der Waals surface area contributed by atoms with Crippen LogP contribution in [0.25, 0.3) is 11.1 Å². The molecule has 26 heavy (non-hydrogen) atoms. The van der Waals surface area contributed by atoms with Gasteiger partial charge < -0.3 is 9.84 Å². The van der Waals surface area contributed by atoms with Gasteiger partial charge in [0.2, 0.25) is 11.8 Å². The molecule has 1 amide bonds. The number of sulfonamides is 1. The Morgan fingerprint density at radius 2 is 1.92 bits per heavy atom. The zero-order chi connectivity index (χ0) is 18.3. The first kappa shape index (κ1) is 16.3. The van der Waals surface area contributed by atoms with Crippen molar-refractivity contribution in [2.45, 2.75) is 18.2 Å². The van der Waals surface area contributed by atoms with E-state index in [9.17, 15) is 13.2 Å². The molecule has 0 aliphatic carbocycles. The van der Waals surface area contributed by atoms with Gasteiger partial charge in [0.15, 0.2) is 0 Å². The van der Waals surface area contributed by atoms with Gasteiger partial charge in [-0.05, 0) is 36.2 Å². The van der Waals surface area contributed by atoms with E-state index in [0.29, 0.717) is 16.8 Å². The van der Waals surface area contributed by atoms with E-state index in [1.165, 1.54) is 18.3 Å². The topological polar surface area (TPSA) is 101 Å². The zero-order valence-electron chi connectivity index (χ0n) is 13.8. The molecule has 0 saturated heterocycles. The molecule has 0 fully saturated rings. The van der Waals surface area contributed by atoms with Crippen LogP contribution in [0.4, 0.5) is 11.6 Å². The molecule has 0 unspecified atom stereocenters. The molecule has 2 N–H and O–H groups in total. The van der Waals surface area contributed by atoms with Crippen molar-refractivity contribution < 1.29 is 17.7 Å². The van der Waals surface area contributed by atoms with Crippen molar-refractivity contribution in [2.24, 2.45) is 0 Å². The van der Waals surface area contributed by atoms with E-state index < -0.39 is 10.0 Å². The molecule has 2 heterocycles. The molecule has 1 aliphatic rings. The van der Waals surface area contributed by atoms with Crippen LogP contribution in [0.3, 0.4) is 0 Å². The number of carbonyl (C=O) groups excluding carboxylic acids is 1. The van der Waals surface area contributed by atoms with Crippen LogP contribution in [0.2, 0.25) is 0 Å². The van der Waals surface area contributed by atoms with E-state index in [1.807, 2.05) is 31.2 Å². The van der Waals surface area contributed by atoms with Gasteiger partial charge in [0.25, 0.3) is 10.0 Å². The smallest absolute Gasteiger partial charge is 0.264 e. The second-order valence-electron chi connectivity index (χ2n) is 6.08. The minimum absolute atomic E-state index is 0.0450. The summed E-state index contributed by atoms with van der Waals surface area (Å²) >= 11 is 0. The summed E-state index contributed by atoms with van der Waals surface area (Å²) in [6, 6.07) is 12.1. The van der Waals surface area contributed by atoms with E-state index in [0.717, 1.165) is 11.1 Å². The summed E-state index contributed by atoms with van der Waals surface area (Å²) in [5.41, 5.74) is 3.71. The van der Waals surface area contributed by atoms with Gasteiger partial charge in [-0.3, -0.25) is 4.79 Å². The minimum Gasteiger partial charge on any atom is -0.337 e. The Balaban J connectivity index is 1.66. The first-order valence-electron chi connectivity index (χ1n) is 7.90. The van der Waals surface area contributed by atoms with Crippen LogP contribution in [0, 0.1) is 6.92 Å². The average Bonchev–Trinajstić information content (AvgIpc) is 3.19. The summed E-state index contributed by atoms with van der Waals surface area (Å²) in [5, 5.41) is 6.38. The first-order valence-corrected chi connectivity index (χ1v) is 9.38. The molecule has 132 valence electrons. The Bertz CT molecular complexity index is 1100. The largest absolute Gasteiger partial charge is 0.337 e. The van der Waals surface area contributed by atoms with Crippen molar-refractivity contribution in [1.29, 1.82) is 0 Å². The minimum atomic E-state index is -3.88. The van der Waals surface area contributed by atoms with Gasteiger partial charge in [-0.2, -0.15) is 0 Å². The summed E-state index contributed by atoms with van der Waals surface area (Å²) in [6.45, 7) is 1.97. The van der Waals surface area contributed by atoms with Crippen LogP contribution >= 0.6 is 0 Å². The average molecular weight is 369 g/mol. The van der Waals surface area contributed by atoms with E-state index in [1.54, 1.807) is 6.07 Å². The van der Waals surface area contributed by atoms with Crippen LogP contribution in [-0.2, 0) is 21.2 Å². The fourth-order valence-electron chi connectivity index (χ4n) is 2.81. The number of carbonyl (C=O) groups is 1. The van der Waals surface area contributed by atoms with E-state index in [4.69, 9.17) is 4.52 Å². The van der Waals surface area contributed by atoms with Gasteiger partial charge in [0, 0.05) is 5.69 Å². The predicted molar refractivity (Wildman–Crippen MR) is 96.3 cm³/mol. The molecule has 0 bridgehead atoms. The standard InChI is InChI=1S/C18H15N3O4S/c1-11-2-4-12(5-3-11)15-10-19-25-18(15)21-26(23,24)14-6-7-16-13(8-14)9-17(22)20-16/h2-8,10,21H,9H2,1H3,(H,20,22). The zero-order valence-corrected chi connectivity index (χ0v) is 14.6. The van der Waals surface area contributed by atoms with Crippen LogP contribution in [0.5, 0.6) is 0 Å². The Morgan fingerprint density at radius 1 is 1.15 bits per heavy atom. The van der Waals surface area contributed by atoms with Crippen LogP contribution in [-0.4, -0.2) is 19.5 Å². The highest BCUT2D eigenvalue weighted by molar-refractivity contribution is 7.92. The third-order valence-corrected chi connectivity index (χ3v) is 5.50. The SMILES string of the molecule is Cc1ccc(-c2cnoc2NS(=O)(=O)c2ccc3c(c2)CC(=O)N3)cc1. The summed E-state index contributed by atoms with van der Waals surface area (Å²) < 4.78 is 33.0. The fraction of sp³-hybridized carbons (Fsp3) is 0.111. The summed E-state index contributed by atoms with van der Waals surface area (Å²) in [4.78, 5) is 11.5. The quantitative estimate of drug-likeness (QED) is 0.736. The van der Waals surface area contributed by atoms with Crippen molar-refractivity contribution in [3.8, 4) is 11.1 Å². The van der Waals surface area contributed by atoms with E-state index in [2.05, 4.69) is 15.2 Å². The first-order chi connectivity index (χ1) is 12.4. The molecule has 0 atom stereocenters. The number of rotatable bonds is 4. The summed E-state index contributed by atoms with van der Waals surface area (Å²) in [7, 11) is -3.88. The maximum atomic E-state index is 12.7. The van der Waals surface area contributed by atoms with E-state index >= 15 is 0 Å². The lowest BCUT2D eigenvalue weighted by atomic mass is 10.1. The van der Waals surface area contributed by atoms with Gasteiger partial charge >= 0.3 is 0 Å². The van der Waals surface area contributed by atoms with Gasteiger partial charge in [-0.1, -0.05) is 35.0 Å². The normalized spacial score (nSPS) is 13.3. The number of amides is 1. The molecule has 4 rings (SSSR count). The molecular formula is C18H15N3O4S. The molecular weight excluding hydrogens is 354 g/mol. The third-order valence-electron chi connectivity index (χ3n) is 4.17. The highest BCUT2D eigenvalue weighted by Crippen LogP contribution is 2.31. The number of nitrogens with one attached hydrogen (secondary N) is 2. The molecule has 7 nitrogen and oxygen atoms in total. The number of aromatic nitrogens is 1. The second-order valence-corrected chi connectivity index (χ2v) is 7.77. The monoisotopic (exact) mass is 369 g/mol. The van der Waals surface area contributed by atoms with Gasteiger partial charge in [0.1, 0.15) is 0 Å². The molecule has 8 heteroatoms. The van der Waals surface area contributed by atoms with Crippen molar-refractivity contribution in [3.63, 3.8) is 0 Å². The molecule has 1 aromatic heterocycles. The van der Waals surface area contributed by atoms with Crippen LogP contribution in [0.15, 0.2) is 58.1 Å². The highest BCUT2D eigenvalue weighted by atomic mass is 32.2. The van der Waals surface area contributed by atoms with E-state index in [-0.39, 0.29) is 23.1 Å². The lowest BCUT2D eigenvalue weighted by Gasteiger charge is -2.08. The van der Waals surface area contributed by atoms with Crippen LogP contribution in [0.1, 0.15) is 11.1 Å². The van der Waals surface area contributed by atoms with Crippen molar-refractivity contribution >= 4 is 27.5 Å². The Morgan fingerprint density at radius 3 is 2.69 bits per heavy atom. The number of anilines is 2. The fourth-order valence-corrected chi connectivity index (χ4v) is 3.86. The van der Waals surface area contributed by atoms with Crippen LogP contribution < -0.4 is 10.0 Å². The maximum absolute atomic E-state index is 12.7. The van der Waals surface area contributed by atoms with Crippen molar-refractivity contribution in [1.82, 2.24) is 5.16 Å². The van der Waals surface area contributed by atoms with Gasteiger partial charge in [0.05, 0.1) is 23.1 Å². The van der Waals surface area contributed by atoms with Crippen molar-refractivity contribution in [2.75, 3.05) is 10.0 Å². The molecule has 3 aromatic rings. The predicted octanol–water partition coefficient (Wildman–Crippen LogP) is 2.95. The number of benzene rings is 2. The Kier molecular flexibility index (Phi) is 3.77. The summed E-state index contributed by atoms with van der Waals surface area (Å²) in [5.74, 6) is -0.108. The molecule has 2 aromatic carbocycles. The molecule has 0 radical (unpaired) electrons. The van der Waals surface area contributed by atoms with Gasteiger partial charge in [-0.15, -0.1) is 0 Å².